The number of hydrogen-bond acceptors (Lipinski definition) is 8. The number of aromatic nitrogens is 4. The Bertz CT molecular complexity index is 1380. The number of carbonyl (C=O) groups excluding carboxylic acids is 2. The van der Waals surface area contributed by atoms with Crippen molar-refractivity contribution >= 4 is 35.0 Å². The number of ether oxygens (including phenoxy) is 1. The van der Waals surface area contributed by atoms with Crippen LogP contribution in [-0.2, 0) is 20.9 Å². The van der Waals surface area contributed by atoms with Crippen LogP contribution in [-0.4, -0.2) is 68.1 Å². The maximum atomic E-state index is 12.8. The zero-order valence-corrected chi connectivity index (χ0v) is 22.7. The van der Waals surface area contributed by atoms with Crippen LogP contribution in [0.4, 0.5) is 17.6 Å². The number of amides is 2. The lowest BCUT2D eigenvalue weighted by Crippen LogP contribution is -2.56. The van der Waals surface area contributed by atoms with E-state index in [-0.39, 0.29) is 23.8 Å². The Morgan fingerprint density at radius 3 is 2.67 bits per heavy atom. The van der Waals surface area contributed by atoms with E-state index in [0.717, 1.165) is 42.8 Å². The number of fused-ring (bicyclic) bond motifs is 1. The van der Waals surface area contributed by atoms with Gasteiger partial charge in [-0.1, -0.05) is 32.6 Å². The van der Waals surface area contributed by atoms with Gasteiger partial charge in [0, 0.05) is 49.2 Å². The molecular formula is C28H36N8O3. The number of carbonyl (C=O) groups is 2. The van der Waals surface area contributed by atoms with Gasteiger partial charge in [-0.15, -0.1) is 0 Å². The maximum Gasteiger partial charge on any atom is 0.249 e. The zero-order chi connectivity index (χ0) is 27.5. The molecule has 11 nitrogen and oxygen atoms in total. The molecule has 0 bridgehead atoms. The minimum Gasteiger partial charge on any atom is -0.381 e. The normalized spacial score (nSPS) is 17.6. The summed E-state index contributed by atoms with van der Waals surface area (Å²) >= 11 is 0. The molecule has 2 aromatic heterocycles. The smallest absolute Gasteiger partial charge is 0.249 e. The summed E-state index contributed by atoms with van der Waals surface area (Å²) in [7, 11) is 0. The van der Waals surface area contributed by atoms with Gasteiger partial charge in [0.1, 0.15) is 6.04 Å². The number of anilines is 3. The van der Waals surface area contributed by atoms with Crippen LogP contribution in [0.1, 0.15) is 57.1 Å². The van der Waals surface area contributed by atoms with Crippen LogP contribution in [0.2, 0.25) is 0 Å². The van der Waals surface area contributed by atoms with Crippen molar-refractivity contribution in [3.8, 4) is 0 Å². The second kappa shape index (κ2) is 11.4. The molecule has 2 amide bonds. The minimum absolute atomic E-state index is 0.180. The Labute approximate surface area is 228 Å². The monoisotopic (exact) mass is 532 g/mol. The summed E-state index contributed by atoms with van der Waals surface area (Å²) in [6.45, 7) is 12.1. The number of benzene rings is 1. The summed E-state index contributed by atoms with van der Waals surface area (Å²) in [6.07, 6.45) is 4.30. The molecule has 0 spiro atoms. The SMILES string of the molecule is C=C(C)C(=O)N1CCC1C(=O)Nc1cccc(CNc2nc(NC3CCOCC3)nc3c(C(C)C)cnn23)c1. The van der Waals surface area contributed by atoms with E-state index in [4.69, 9.17) is 14.7 Å². The summed E-state index contributed by atoms with van der Waals surface area (Å²) in [5.41, 5.74) is 3.88. The van der Waals surface area contributed by atoms with Crippen molar-refractivity contribution in [3.63, 3.8) is 0 Å². The Morgan fingerprint density at radius 2 is 1.97 bits per heavy atom. The molecule has 39 heavy (non-hydrogen) atoms. The summed E-state index contributed by atoms with van der Waals surface area (Å²) < 4.78 is 7.22. The number of nitrogens with zero attached hydrogens (tertiary/aromatic N) is 5. The third-order valence-corrected chi connectivity index (χ3v) is 7.17. The van der Waals surface area contributed by atoms with Crippen LogP contribution in [0.5, 0.6) is 0 Å². The molecule has 1 atom stereocenters. The van der Waals surface area contributed by atoms with Crippen molar-refractivity contribution in [2.45, 2.75) is 64.6 Å². The van der Waals surface area contributed by atoms with Gasteiger partial charge in [0.15, 0.2) is 5.65 Å². The molecule has 11 heteroatoms. The lowest BCUT2D eigenvalue weighted by molar-refractivity contribution is -0.141. The topological polar surface area (TPSA) is 126 Å². The molecular weight excluding hydrogens is 496 g/mol. The highest BCUT2D eigenvalue weighted by molar-refractivity contribution is 6.01. The van der Waals surface area contributed by atoms with Crippen LogP contribution in [0.15, 0.2) is 42.6 Å². The molecule has 1 unspecified atom stereocenters. The first-order valence-corrected chi connectivity index (χ1v) is 13.5. The van der Waals surface area contributed by atoms with Gasteiger partial charge in [-0.05, 0) is 49.8 Å². The van der Waals surface area contributed by atoms with E-state index in [1.807, 2.05) is 30.5 Å². The van der Waals surface area contributed by atoms with Crippen LogP contribution in [0.3, 0.4) is 0 Å². The standard InChI is InChI=1S/C28H36N8O3/c1-17(2)22-16-30-36-24(22)33-27(32-20-9-12-39-13-10-20)34-28(36)29-15-19-6-5-7-21(14-19)31-25(37)23-8-11-35(23)26(38)18(3)4/h5-7,14,16-17,20,23H,3,8-13,15H2,1-2,4H3,(H,31,37)(H2,29,32,33,34). The van der Waals surface area contributed by atoms with Gasteiger partial charge in [-0.2, -0.15) is 19.6 Å². The Balaban J connectivity index is 1.30. The predicted molar refractivity (Wildman–Crippen MR) is 150 cm³/mol. The highest BCUT2D eigenvalue weighted by Crippen LogP contribution is 2.24. The van der Waals surface area contributed by atoms with Gasteiger partial charge < -0.3 is 25.6 Å². The maximum absolute atomic E-state index is 12.8. The average molecular weight is 533 g/mol. The molecule has 2 aliphatic rings. The first-order chi connectivity index (χ1) is 18.8. The van der Waals surface area contributed by atoms with Gasteiger partial charge >= 0.3 is 0 Å². The second-order valence-electron chi connectivity index (χ2n) is 10.5. The first kappa shape index (κ1) is 26.6. The van der Waals surface area contributed by atoms with E-state index in [9.17, 15) is 9.59 Å². The van der Waals surface area contributed by atoms with Crippen molar-refractivity contribution in [3.05, 3.63) is 53.7 Å². The summed E-state index contributed by atoms with van der Waals surface area (Å²) in [4.78, 5) is 36.2. The van der Waals surface area contributed by atoms with E-state index >= 15 is 0 Å². The van der Waals surface area contributed by atoms with Gasteiger partial charge in [0.2, 0.25) is 23.7 Å². The van der Waals surface area contributed by atoms with Crippen LogP contribution >= 0.6 is 0 Å². The molecule has 4 heterocycles. The number of nitrogens with one attached hydrogen (secondary N) is 3. The fourth-order valence-corrected chi connectivity index (χ4v) is 4.82. The van der Waals surface area contributed by atoms with Crippen LogP contribution < -0.4 is 16.0 Å². The minimum atomic E-state index is -0.470. The fourth-order valence-electron chi connectivity index (χ4n) is 4.82. The highest BCUT2D eigenvalue weighted by atomic mass is 16.5. The zero-order valence-electron chi connectivity index (χ0n) is 22.7. The van der Waals surface area contributed by atoms with Crippen molar-refractivity contribution in [1.82, 2.24) is 24.5 Å². The average Bonchev–Trinajstić information content (AvgIpc) is 3.32. The third kappa shape index (κ3) is 5.88. The Hall–Kier alpha value is -3.99. The third-order valence-electron chi connectivity index (χ3n) is 7.17. The molecule has 2 fully saturated rings. The molecule has 0 radical (unpaired) electrons. The van der Waals surface area contributed by atoms with Gasteiger partial charge in [-0.25, -0.2) is 0 Å². The van der Waals surface area contributed by atoms with Gasteiger partial charge in [0.05, 0.1) is 6.20 Å². The molecule has 1 aromatic carbocycles. The van der Waals surface area contributed by atoms with Gasteiger partial charge in [0.25, 0.3) is 0 Å². The van der Waals surface area contributed by atoms with Crippen LogP contribution in [0, 0.1) is 0 Å². The lowest BCUT2D eigenvalue weighted by Gasteiger charge is -2.39. The van der Waals surface area contributed by atoms with E-state index in [1.54, 1.807) is 16.3 Å². The van der Waals surface area contributed by atoms with E-state index in [0.29, 0.717) is 42.7 Å². The number of rotatable bonds is 9. The lowest BCUT2D eigenvalue weighted by atomic mass is 10.0. The molecule has 3 N–H and O–H groups in total. The van der Waals surface area contributed by atoms with Gasteiger partial charge in [-0.3, -0.25) is 9.59 Å². The Morgan fingerprint density at radius 1 is 1.18 bits per heavy atom. The van der Waals surface area contributed by atoms with E-state index in [2.05, 4.69) is 41.5 Å². The predicted octanol–water partition coefficient (Wildman–Crippen LogP) is 3.57. The Kier molecular flexibility index (Phi) is 7.78. The fraction of sp³-hybridized carbons (Fsp3) is 0.464. The quantitative estimate of drug-likeness (QED) is 0.357. The summed E-state index contributed by atoms with van der Waals surface area (Å²) in [6, 6.07) is 7.41. The molecule has 3 aromatic rings. The van der Waals surface area contributed by atoms with Crippen molar-refractivity contribution < 1.29 is 14.3 Å². The highest BCUT2D eigenvalue weighted by Gasteiger charge is 2.37. The van der Waals surface area contributed by atoms with Crippen molar-refractivity contribution in [2.24, 2.45) is 0 Å². The van der Waals surface area contributed by atoms with E-state index in [1.165, 1.54) is 0 Å². The van der Waals surface area contributed by atoms with Crippen molar-refractivity contribution in [1.29, 1.82) is 0 Å². The second-order valence-corrected chi connectivity index (χ2v) is 10.5. The van der Waals surface area contributed by atoms with E-state index < -0.39 is 6.04 Å². The molecule has 0 aliphatic carbocycles. The molecule has 0 saturated carbocycles. The molecule has 2 saturated heterocycles. The molecule has 2 aliphatic heterocycles. The number of likely N-dealkylation sites (tertiary alicyclic amines) is 1. The summed E-state index contributed by atoms with van der Waals surface area (Å²) in [5.74, 6) is 1.04. The summed E-state index contributed by atoms with van der Waals surface area (Å²) in [5, 5.41) is 14.4. The first-order valence-electron chi connectivity index (χ1n) is 13.5. The van der Waals surface area contributed by atoms with Crippen LogP contribution in [0.25, 0.3) is 5.65 Å². The molecule has 5 rings (SSSR count). The van der Waals surface area contributed by atoms with Crippen molar-refractivity contribution in [2.75, 3.05) is 35.7 Å². The molecule has 206 valence electrons. The largest absolute Gasteiger partial charge is 0.381 e. The number of hydrogen-bond donors (Lipinski definition) is 3.